The molecule has 2 nitrogen and oxygen atoms in total. The maximum absolute atomic E-state index is 8.98. The molecule has 0 spiro atoms. The van der Waals surface area contributed by atoms with E-state index in [4.69, 9.17) is 10.2 Å². The molecule has 0 saturated heterocycles. The van der Waals surface area contributed by atoms with Crippen molar-refractivity contribution < 1.29 is 10.2 Å². The van der Waals surface area contributed by atoms with Crippen molar-refractivity contribution in [2.24, 2.45) is 23.7 Å². The van der Waals surface area contributed by atoms with Gasteiger partial charge in [-0.1, -0.05) is 0 Å². The van der Waals surface area contributed by atoms with Gasteiger partial charge in [0.25, 0.3) is 0 Å². The van der Waals surface area contributed by atoms with Crippen LogP contribution in [0.2, 0.25) is 0 Å². The third-order valence-electron chi connectivity index (χ3n) is 4.20. The normalized spacial score (nSPS) is 42.9. The summed E-state index contributed by atoms with van der Waals surface area (Å²) in [5, 5.41) is 18.0. The molecule has 2 fully saturated rings. The van der Waals surface area contributed by atoms with Crippen molar-refractivity contribution >= 4 is 0 Å². The van der Waals surface area contributed by atoms with Crippen LogP contribution in [0.5, 0.6) is 0 Å². The van der Waals surface area contributed by atoms with Gasteiger partial charge in [0.05, 0.1) is 0 Å². The standard InChI is InChI=1S/C11H20O2/c12-5-3-10-8-1-2-9(7-8)11(10)4-6-13/h8-13H,1-7H2. The second kappa shape index (κ2) is 3.97. The lowest BCUT2D eigenvalue weighted by Gasteiger charge is -2.30. The van der Waals surface area contributed by atoms with Gasteiger partial charge < -0.3 is 10.2 Å². The average molecular weight is 184 g/mol. The molecule has 2 bridgehead atoms. The fourth-order valence-corrected chi connectivity index (χ4v) is 3.73. The Hall–Kier alpha value is -0.0800. The molecule has 0 aliphatic heterocycles. The Morgan fingerprint density at radius 3 is 1.69 bits per heavy atom. The van der Waals surface area contributed by atoms with Crippen molar-refractivity contribution in [1.29, 1.82) is 0 Å². The first-order valence-electron chi connectivity index (χ1n) is 5.58. The van der Waals surface area contributed by atoms with Gasteiger partial charge in [0.1, 0.15) is 0 Å². The largest absolute Gasteiger partial charge is 0.396 e. The number of rotatable bonds is 4. The van der Waals surface area contributed by atoms with Gasteiger partial charge >= 0.3 is 0 Å². The Morgan fingerprint density at radius 2 is 1.31 bits per heavy atom. The van der Waals surface area contributed by atoms with Crippen LogP contribution in [-0.4, -0.2) is 23.4 Å². The first kappa shape index (κ1) is 9.47. The summed E-state index contributed by atoms with van der Waals surface area (Å²) in [6.07, 6.45) is 6.04. The van der Waals surface area contributed by atoms with E-state index < -0.39 is 0 Å². The molecule has 0 aromatic heterocycles. The quantitative estimate of drug-likeness (QED) is 0.693. The predicted octanol–water partition coefficient (Wildman–Crippen LogP) is 1.41. The molecule has 76 valence electrons. The third-order valence-corrected chi connectivity index (χ3v) is 4.20. The second-order valence-corrected chi connectivity index (χ2v) is 4.69. The monoisotopic (exact) mass is 184 g/mol. The van der Waals surface area contributed by atoms with E-state index in [1.54, 1.807) is 0 Å². The van der Waals surface area contributed by atoms with Crippen molar-refractivity contribution in [3.05, 3.63) is 0 Å². The minimum Gasteiger partial charge on any atom is -0.396 e. The molecule has 13 heavy (non-hydrogen) atoms. The zero-order chi connectivity index (χ0) is 9.26. The molecular formula is C11H20O2. The van der Waals surface area contributed by atoms with E-state index in [0.717, 1.165) is 36.5 Å². The molecule has 0 radical (unpaired) electrons. The summed E-state index contributed by atoms with van der Waals surface area (Å²) in [6, 6.07) is 0. The summed E-state index contributed by atoms with van der Waals surface area (Å²) in [6.45, 7) is 0.658. The van der Waals surface area contributed by atoms with Crippen molar-refractivity contribution in [3.63, 3.8) is 0 Å². The van der Waals surface area contributed by atoms with Gasteiger partial charge in [0.2, 0.25) is 0 Å². The van der Waals surface area contributed by atoms with Gasteiger partial charge in [0.15, 0.2) is 0 Å². The summed E-state index contributed by atoms with van der Waals surface area (Å²) >= 11 is 0. The molecule has 2 heteroatoms. The Bertz CT molecular complexity index is 151. The van der Waals surface area contributed by atoms with Gasteiger partial charge in [-0.25, -0.2) is 0 Å². The van der Waals surface area contributed by atoms with Crippen molar-refractivity contribution in [1.82, 2.24) is 0 Å². The Balaban J connectivity index is 1.97. The molecule has 2 rings (SSSR count). The molecule has 0 aromatic rings. The van der Waals surface area contributed by atoms with E-state index in [1.165, 1.54) is 19.3 Å². The minimum absolute atomic E-state index is 0.329. The SMILES string of the molecule is OCCC1C2CCC(C2)C1CCO. The summed E-state index contributed by atoms with van der Waals surface area (Å²) in [4.78, 5) is 0. The summed E-state index contributed by atoms with van der Waals surface area (Å²) < 4.78 is 0. The molecule has 2 saturated carbocycles. The van der Waals surface area contributed by atoms with Gasteiger partial charge in [-0.2, -0.15) is 0 Å². The van der Waals surface area contributed by atoms with Crippen LogP contribution >= 0.6 is 0 Å². The highest BCUT2D eigenvalue weighted by atomic mass is 16.3. The maximum atomic E-state index is 8.98. The lowest BCUT2D eigenvalue weighted by atomic mass is 9.76. The van der Waals surface area contributed by atoms with Crippen molar-refractivity contribution in [2.45, 2.75) is 32.1 Å². The summed E-state index contributed by atoms with van der Waals surface area (Å²) in [7, 11) is 0. The highest BCUT2D eigenvalue weighted by Gasteiger charge is 2.46. The minimum atomic E-state index is 0.329. The number of aliphatic hydroxyl groups is 2. The van der Waals surface area contributed by atoms with E-state index >= 15 is 0 Å². The summed E-state index contributed by atoms with van der Waals surface area (Å²) in [5.74, 6) is 3.18. The second-order valence-electron chi connectivity index (χ2n) is 4.69. The number of aliphatic hydroxyl groups excluding tert-OH is 2. The van der Waals surface area contributed by atoms with E-state index in [9.17, 15) is 0 Å². The zero-order valence-corrected chi connectivity index (χ0v) is 8.15. The average Bonchev–Trinajstić information content (AvgIpc) is 2.69. The van der Waals surface area contributed by atoms with Crippen LogP contribution in [-0.2, 0) is 0 Å². The summed E-state index contributed by atoms with van der Waals surface area (Å²) in [5.41, 5.74) is 0. The molecular weight excluding hydrogens is 164 g/mol. The third kappa shape index (κ3) is 1.62. The van der Waals surface area contributed by atoms with Gasteiger partial charge in [-0.05, 0) is 55.8 Å². The lowest BCUT2D eigenvalue weighted by Crippen LogP contribution is -2.24. The van der Waals surface area contributed by atoms with Crippen LogP contribution in [0.15, 0.2) is 0 Å². The zero-order valence-electron chi connectivity index (χ0n) is 8.15. The number of hydrogen-bond donors (Lipinski definition) is 2. The van der Waals surface area contributed by atoms with E-state index in [2.05, 4.69) is 0 Å². The molecule has 0 aromatic carbocycles. The van der Waals surface area contributed by atoms with Crippen LogP contribution in [0.25, 0.3) is 0 Å². The maximum Gasteiger partial charge on any atom is 0.0433 e. The Kier molecular flexibility index (Phi) is 2.89. The highest BCUT2D eigenvalue weighted by Crippen LogP contribution is 2.54. The van der Waals surface area contributed by atoms with Crippen LogP contribution in [0.3, 0.4) is 0 Å². The molecule has 0 heterocycles. The van der Waals surface area contributed by atoms with Crippen molar-refractivity contribution in [3.8, 4) is 0 Å². The van der Waals surface area contributed by atoms with E-state index in [0.29, 0.717) is 13.2 Å². The highest BCUT2D eigenvalue weighted by molar-refractivity contribution is 4.95. The first-order chi connectivity index (χ1) is 6.36. The van der Waals surface area contributed by atoms with Crippen LogP contribution in [0.1, 0.15) is 32.1 Å². The topological polar surface area (TPSA) is 40.5 Å². The first-order valence-corrected chi connectivity index (χ1v) is 5.58. The van der Waals surface area contributed by atoms with Crippen molar-refractivity contribution in [2.75, 3.05) is 13.2 Å². The van der Waals surface area contributed by atoms with E-state index in [-0.39, 0.29) is 0 Å². The van der Waals surface area contributed by atoms with Crippen LogP contribution in [0, 0.1) is 23.7 Å². The van der Waals surface area contributed by atoms with Gasteiger partial charge in [0, 0.05) is 13.2 Å². The predicted molar refractivity (Wildman–Crippen MR) is 51.2 cm³/mol. The van der Waals surface area contributed by atoms with Gasteiger partial charge in [-0.15, -0.1) is 0 Å². The molecule has 2 N–H and O–H groups in total. The number of hydrogen-bond acceptors (Lipinski definition) is 2. The van der Waals surface area contributed by atoms with E-state index in [1.807, 2.05) is 0 Å². The molecule has 0 amide bonds. The molecule has 2 aliphatic rings. The lowest BCUT2D eigenvalue weighted by molar-refractivity contribution is 0.135. The Morgan fingerprint density at radius 1 is 0.846 bits per heavy atom. The van der Waals surface area contributed by atoms with Crippen LogP contribution < -0.4 is 0 Å². The molecule has 2 aliphatic carbocycles. The molecule has 4 atom stereocenters. The fraction of sp³-hybridized carbons (Fsp3) is 1.00. The van der Waals surface area contributed by atoms with Gasteiger partial charge in [-0.3, -0.25) is 0 Å². The fourth-order valence-electron chi connectivity index (χ4n) is 3.73. The van der Waals surface area contributed by atoms with Crippen LogP contribution in [0.4, 0.5) is 0 Å². The number of fused-ring (bicyclic) bond motifs is 2. The smallest absolute Gasteiger partial charge is 0.0433 e. The Labute approximate surface area is 80.0 Å². The molecule has 4 unspecified atom stereocenters.